The van der Waals surface area contributed by atoms with Gasteiger partial charge >= 0.3 is 0 Å². The molecule has 2 aromatic carbocycles. The number of Topliss-reactive ketones (excluding diaryl/α,β-unsaturated/α-hetero) is 1. The van der Waals surface area contributed by atoms with Crippen molar-refractivity contribution >= 4 is 15.8 Å². The highest BCUT2D eigenvalue weighted by molar-refractivity contribution is 7.89. The first-order chi connectivity index (χ1) is 11.4. The third-order valence-electron chi connectivity index (χ3n) is 3.52. The molecular weight excluding hydrogens is 330 g/mol. The number of rotatable bonds is 7. The molecule has 0 bridgehead atoms. The normalized spacial score (nSPS) is 11.1. The quantitative estimate of drug-likeness (QED) is 0.776. The molecule has 0 amide bonds. The lowest BCUT2D eigenvalue weighted by Gasteiger charge is -2.12. The van der Waals surface area contributed by atoms with E-state index in [-0.39, 0.29) is 17.2 Å². The predicted octanol–water partition coefficient (Wildman–Crippen LogP) is 2.38. The van der Waals surface area contributed by atoms with Crippen LogP contribution >= 0.6 is 0 Å². The summed E-state index contributed by atoms with van der Waals surface area (Å²) in [6, 6.07) is 10.9. The van der Waals surface area contributed by atoms with Gasteiger partial charge in [-0.25, -0.2) is 13.1 Å². The van der Waals surface area contributed by atoms with E-state index in [1.807, 2.05) is 0 Å². The molecule has 0 saturated heterocycles. The third-order valence-corrected chi connectivity index (χ3v) is 4.94. The number of nitrogens with one attached hydrogen (secondary N) is 1. The van der Waals surface area contributed by atoms with Crippen LogP contribution in [0.25, 0.3) is 0 Å². The molecule has 6 nitrogen and oxygen atoms in total. The Morgan fingerprint density at radius 1 is 1.04 bits per heavy atom. The molecule has 2 rings (SSSR count). The van der Waals surface area contributed by atoms with E-state index in [1.165, 1.54) is 38.3 Å². The van der Waals surface area contributed by atoms with E-state index in [9.17, 15) is 13.2 Å². The maximum atomic E-state index is 12.3. The van der Waals surface area contributed by atoms with E-state index in [0.29, 0.717) is 22.6 Å². The van der Waals surface area contributed by atoms with Crippen LogP contribution in [-0.4, -0.2) is 28.4 Å². The summed E-state index contributed by atoms with van der Waals surface area (Å²) >= 11 is 0. The number of ketones is 1. The van der Waals surface area contributed by atoms with Gasteiger partial charge in [0.1, 0.15) is 11.5 Å². The van der Waals surface area contributed by atoms with Crippen molar-refractivity contribution in [1.82, 2.24) is 4.72 Å². The number of hydrogen-bond acceptors (Lipinski definition) is 5. The summed E-state index contributed by atoms with van der Waals surface area (Å²) in [5.74, 6) is 1.04. The van der Waals surface area contributed by atoms with Crippen molar-refractivity contribution in [1.29, 1.82) is 0 Å². The first-order valence-electron chi connectivity index (χ1n) is 7.19. The lowest BCUT2D eigenvalue weighted by molar-refractivity contribution is 0.101. The number of hydrogen-bond donors (Lipinski definition) is 1. The number of benzene rings is 2. The number of sulfonamides is 1. The van der Waals surface area contributed by atoms with Crippen LogP contribution in [0.4, 0.5) is 0 Å². The number of carbonyl (C=O) groups is 1. The van der Waals surface area contributed by atoms with E-state index in [1.54, 1.807) is 25.3 Å². The molecular formula is C17H19NO5S. The Labute approximate surface area is 141 Å². The van der Waals surface area contributed by atoms with E-state index < -0.39 is 10.0 Å². The molecule has 0 fully saturated rings. The zero-order valence-corrected chi connectivity index (χ0v) is 14.5. The highest BCUT2D eigenvalue weighted by Crippen LogP contribution is 2.24. The van der Waals surface area contributed by atoms with Gasteiger partial charge in [-0.1, -0.05) is 18.2 Å². The maximum absolute atomic E-state index is 12.3. The second-order valence-corrected chi connectivity index (χ2v) is 6.85. The van der Waals surface area contributed by atoms with Crippen molar-refractivity contribution in [2.24, 2.45) is 0 Å². The highest BCUT2D eigenvalue weighted by atomic mass is 32.2. The fraction of sp³-hybridized carbons (Fsp3) is 0.235. The van der Waals surface area contributed by atoms with Gasteiger partial charge in [0.15, 0.2) is 5.78 Å². The molecule has 0 heterocycles. The Balaban J connectivity index is 2.17. The molecule has 1 N–H and O–H groups in total. The second kappa shape index (κ2) is 7.46. The summed E-state index contributed by atoms with van der Waals surface area (Å²) in [6.07, 6.45) is 0. The van der Waals surface area contributed by atoms with Crippen molar-refractivity contribution in [3.63, 3.8) is 0 Å². The topological polar surface area (TPSA) is 81.7 Å². The average molecular weight is 349 g/mol. The largest absolute Gasteiger partial charge is 0.497 e. The molecule has 128 valence electrons. The van der Waals surface area contributed by atoms with Gasteiger partial charge < -0.3 is 9.47 Å². The van der Waals surface area contributed by atoms with Crippen molar-refractivity contribution in [2.45, 2.75) is 18.4 Å². The standard InChI is InChI=1S/C17H19NO5S/c1-12(19)13-5-8-16(9-6-13)24(20,21)18-11-14-4-7-15(22-2)10-17(14)23-3/h4-10,18H,11H2,1-3H3. The van der Waals surface area contributed by atoms with Crippen molar-refractivity contribution < 1.29 is 22.7 Å². The number of ether oxygens (including phenoxy) is 2. The van der Waals surface area contributed by atoms with Gasteiger partial charge in [0.25, 0.3) is 0 Å². The van der Waals surface area contributed by atoms with Gasteiger partial charge in [-0.2, -0.15) is 0 Å². The number of methoxy groups -OCH3 is 2. The SMILES string of the molecule is COc1ccc(CNS(=O)(=O)c2ccc(C(C)=O)cc2)c(OC)c1. The van der Waals surface area contributed by atoms with Crippen LogP contribution in [-0.2, 0) is 16.6 Å². The van der Waals surface area contributed by atoms with Gasteiger partial charge in [-0.05, 0) is 25.1 Å². The van der Waals surface area contributed by atoms with E-state index >= 15 is 0 Å². The van der Waals surface area contributed by atoms with Crippen molar-refractivity contribution in [3.8, 4) is 11.5 Å². The van der Waals surface area contributed by atoms with Gasteiger partial charge in [0.2, 0.25) is 10.0 Å². The first kappa shape index (κ1) is 18.0. The van der Waals surface area contributed by atoms with Crippen molar-refractivity contribution in [2.75, 3.05) is 14.2 Å². The molecule has 24 heavy (non-hydrogen) atoms. The molecule has 0 aliphatic rings. The third kappa shape index (κ3) is 4.12. The Hall–Kier alpha value is -2.38. The Kier molecular flexibility index (Phi) is 5.58. The smallest absolute Gasteiger partial charge is 0.240 e. The minimum atomic E-state index is -3.69. The fourth-order valence-corrected chi connectivity index (χ4v) is 3.13. The molecule has 0 saturated carbocycles. The minimum absolute atomic E-state index is 0.0734. The van der Waals surface area contributed by atoms with Crippen LogP contribution in [0.3, 0.4) is 0 Å². The Morgan fingerprint density at radius 3 is 2.25 bits per heavy atom. The van der Waals surface area contributed by atoms with Crippen LogP contribution in [0, 0.1) is 0 Å². The second-order valence-electron chi connectivity index (χ2n) is 5.08. The molecule has 0 aliphatic carbocycles. The molecule has 0 radical (unpaired) electrons. The molecule has 0 unspecified atom stereocenters. The van der Waals surface area contributed by atoms with E-state index in [4.69, 9.17) is 9.47 Å². The summed E-state index contributed by atoms with van der Waals surface area (Å²) < 4.78 is 37.6. The summed E-state index contributed by atoms with van der Waals surface area (Å²) in [6.45, 7) is 1.50. The zero-order chi connectivity index (χ0) is 17.7. The summed E-state index contributed by atoms with van der Waals surface area (Å²) in [4.78, 5) is 11.3. The minimum Gasteiger partial charge on any atom is -0.497 e. The average Bonchev–Trinajstić information content (AvgIpc) is 2.59. The summed E-state index contributed by atoms with van der Waals surface area (Å²) in [5.41, 5.74) is 1.15. The summed E-state index contributed by atoms with van der Waals surface area (Å²) in [5, 5.41) is 0. The lowest BCUT2D eigenvalue weighted by atomic mass is 10.2. The molecule has 7 heteroatoms. The van der Waals surface area contributed by atoms with Crippen LogP contribution < -0.4 is 14.2 Å². The maximum Gasteiger partial charge on any atom is 0.240 e. The zero-order valence-electron chi connectivity index (χ0n) is 13.7. The fourth-order valence-electron chi connectivity index (χ4n) is 2.12. The lowest BCUT2D eigenvalue weighted by Crippen LogP contribution is -2.23. The molecule has 2 aromatic rings. The van der Waals surface area contributed by atoms with Crippen LogP contribution in [0.1, 0.15) is 22.8 Å². The highest BCUT2D eigenvalue weighted by Gasteiger charge is 2.15. The van der Waals surface area contributed by atoms with E-state index in [0.717, 1.165) is 0 Å². The molecule has 0 spiro atoms. The van der Waals surface area contributed by atoms with Crippen LogP contribution in [0.15, 0.2) is 47.4 Å². The van der Waals surface area contributed by atoms with Gasteiger partial charge in [0.05, 0.1) is 19.1 Å². The predicted molar refractivity (Wildman–Crippen MR) is 90.0 cm³/mol. The van der Waals surface area contributed by atoms with Gasteiger partial charge in [-0.3, -0.25) is 4.79 Å². The molecule has 0 atom stereocenters. The molecule has 0 aliphatic heterocycles. The Morgan fingerprint density at radius 2 is 1.71 bits per heavy atom. The summed E-state index contributed by atoms with van der Waals surface area (Å²) in [7, 11) is -0.639. The van der Waals surface area contributed by atoms with Crippen LogP contribution in [0.5, 0.6) is 11.5 Å². The first-order valence-corrected chi connectivity index (χ1v) is 8.67. The number of carbonyl (C=O) groups excluding carboxylic acids is 1. The Bertz CT molecular complexity index is 829. The van der Waals surface area contributed by atoms with Gasteiger partial charge in [-0.15, -0.1) is 0 Å². The molecule has 0 aromatic heterocycles. The van der Waals surface area contributed by atoms with Gasteiger partial charge in [0, 0.05) is 23.7 Å². The van der Waals surface area contributed by atoms with Crippen molar-refractivity contribution in [3.05, 3.63) is 53.6 Å². The van der Waals surface area contributed by atoms with E-state index in [2.05, 4.69) is 4.72 Å². The monoisotopic (exact) mass is 349 g/mol. The van der Waals surface area contributed by atoms with Crippen LogP contribution in [0.2, 0.25) is 0 Å².